The summed E-state index contributed by atoms with van der Waals surface area (Å²) in [5.41, 5.74) is 0.587. The van der Waals surface area contributed by atoms with Gasteiger partial charge in [0.1, 0.15) is 6.04 Å². The van der Waals surface area contributed by atoms with Crippen LogP contribution >= 0.6 is 0 Å². The molecule has 3 atom stereocenters. The molecule has 6 heteroatoms. The smallest absolute Gasteiger partial charge is 0.251 e. The molecule has 1 aromatic rings. The van der Waals surface area contributed by atoms with Crippen LogP contribution in [0.15, 0.2) is 30.3 Å². The Hall–Kier alpha value is -1.92. The van der Waals surface area contributed by atoms with Crippen molar-refractivity contribution in [2.45, 2.75) is 58.8 Å². The summed E-state index contributed by atoms with van der Waals surface area (Å²) in [7, 11) is 0. The zero-order chi connectivity index (χ0) is 21.7. The normalized spacial score (nSPS) is 24.6. The topological polar surface area (TPSA) is 61.9 Å². The monoisotopic (exact) mass is 415 g/mol. The first kappa shape index (κ1) is 22.8. The van der Waals surface area contributed by atoms with Crippen molar-refractivity contribution in [3.63, 3.8) is 0 Å². The lowest BCUT2D eigenvalue weighted by Gasteiger charge is -2.40. The summed E-state index contributed by atoms with van der Waals surface area (Å²) < 4.78 is 5.84. The summed E-state index contributed by atoms with van der Waals surface area (Å²) in [6.07, 6.45) is 2.61. The molecule has 2 heterocycles. The number of likely N-dealkylation sites (tertiary alicyclic amines) is 1. The van der Waals surface area contributed by atoms with Crippen molar-refractivity contribution < 1.29 is 14.3 Å². The lowest BCUT2D eigenvalue weighted by molar-refractivity contribution is -0.136. The number of ether oxygens (including phenoxy) is 1. The minimum Gasteiger partial charge on any atom is -0.373 e. The molecule has 30 heavy (non-hydrogen) atoms. The first-order chi connectivity index (χ1) is 14.3. The van der Waals surface area contributed by atoms with Crippen LogP contribution in [0.25, 0.3) is 0 Å². The van der Waals surface area contributed by atoms with Crippen molar-refractivity contribution in [1.82, 2.24) is 15.1 Å². The fraction of sp³-hybridized carbons (Fsp3) is 0.667. The second-order valence-corrected chi connectivity index (χ2v) is 9.31. The highest BCUT2D eigenvalue weighted by atomic mass is 16.5. The van der Waals surface area contributed by atoms with E-state index in [1.807, 2.05) is 36.9 Å². The number of morpholine rings is 1. The summed E-state index contributed by atoms with van der Waals surface area (Å²) >= 11 is 0. The summed E-state index contributed by atoms with van der Waals surface area (Å²) in [6, 6.07) is 8.61. The van der Waals surface area contributed by atoms with E-state index >= 15 is 0 Å². The number of hydrogen-bond acceptors (Lipinski definition) is 4. The molecule has 2 amide bonds. The highest BCUT2D eigenvalue weighted by Gasteiger charge is 2.32. The van der Waals surface area contributed by atoms with Gasteiger partial charge in [-0.25, -0.2) is 0 Å². The second kappa shape index (κ2) is 10.4. The van der Waals surface area contributed by atoms with Gasteiger partial charge in [0.05, 0.1) is 12.2 Å². The molecular formula is C24H37N3O3. The molecule has 0 aliphatic carbocycles. The molecular weight excluding hydrogens is 378 g/mol. The zero-order valence-electron chi connectivity index (χ0n) is 18.8. The molecule has 1 N–H and O–H groups in total. The molecule has 0 radical (unpaired) electrons. The summed E-state index contributed by atoms with van der Waals surface area (Å²) in [5, 5.41) is 2.96. The molecule has 0 aromatic heterocycles. The van der Waals surface area contributed by atoms with E-state index in [1.54, 1.807) is 12.1 Å². The number of piperidine rings is 1. The molecule has 166 valence electrons. The van der Waals surface area contributed by atoms with Crippen LogP contribution in [0, 0.1) is 11.8 Å². The zero-order valence-corrected chi connectivity index (χ0v) is 18.8. The standard InChI is InChI=1S/C24H37N3O3/c1-17(2)22(25-23(28)21-8-6-5-7-9-21)24(29)27-12-10-20(11-13-27)16-26-14-18(3)30-19(4)15-26/h5-9,17-20,22H,10-16H2,1-4H3,(H,25,28). The van der Waals surface area contributed by atoms with Crippen molar-refractivity contribution in [1.29, 1.82) is 0 Å². The molecule has 0 bridgehead atoms. The fourth-order valence-corrected chi connectivity index (χ4v) is 4.66. The number of hydrogen-bond donors (Lipinski definition) is 1. The van der Waals surface area contributed by atoms with Crippen molar-refractivity contribution in [2.24, 2.45) is 11.8 Å². The van der Waals surface area contributed by atoms with E-state index in [4.69, 9.17) is 4.74 Å². The molecule has 2 fully saturated rings. The highest BCUT2D eigenvalue weighted by molar-refractivity contribution is 5.97. The first-order valence-corrected chi connectivity index (χ1v) is 11.4. The molecule has 6 nitrogen and oxygen atoms in total. The SMILES string of the molecule is CC1CN(CC2CCN(C(=O)C(NC(=O)c3ccccc3)C(C)C)CC2)CC(C)O1. The average molecular weight is 416 g/mol. The van der Waals surface area contributed by atoms with Crippen LogP contribution in [-0.4, -0.2) is 72.6 Å². The predicted octanol–water partition coefficient (Wildman–Crippen LogP) is 2.79. The van der Waals surface area contributed by atoms with Crippen molar-refractivity contribution in [3.05, 3.63) is 35.9 Å². The fourth-order valence-electron chi connectivity index (χ4n) is 4.66. The van der Waals surface area contributed by atoms with Gasteiger partial charge in [0.2, 0.25) is 5.91 Å². The van der Waals surface area contributed by atoms with Crippen LogP contribution in [0.4, 0.5) is 0 Å². The minimum absolute atomic E-state index is 0.0409. The molecule has 0 saturated carbocycles. The van der Waals surface area contributed by atoms with Gasteiger partial charge in [-0.05, 0) is 50.7 Å². The summed E-state index contributed by atoms with van der Waals surface area (Å²) in [6.45, 7) is 12.8. The third-order valence-electron chi connectivity index (χ3n) is 6.19. The number of nitrogens with zero attached hydrogens (tertiary/aromatic N) is 2. The Bertz CT molecular complexity index is 691. The third kappa shape index (κ3) is 6.05. The Morgan fingerprint density at radius 2 is 1.67 bits per heavy atom. The Morgan fingerprint density at radius 3 is 2.23 bits per heavy atom. The van der Waals surface area contributed by atoms with Crippen molar-refractivity contribution >= 4 is 11.8 Å². The van der Waals surface area contributed by atoms with E-state index in [0.29, 0.717) is 11.5 Å². The second-order valence-electron chi connectivity index (χ2n) is 9.31. The van der Waals surface area contributed by atoms with Crippen LogP contribution in [0.3, 0.4) is 0 Å². The van der Waals surface area contributed by atoms with Gasteiger partial charge in [-0.15, -0.1) is 0 Å². The van der Waals surface area contributed by atoms with Crippen LogP contribution in [0.1, 0.15) is 50.9 Å². The van der Waals surface area contributed by atoms with Gasteiger partial charge >= 0.3 is 0 Å². The number of nitrogens with one attached hydrogen (secondary N) is 1. The largest absolute Gasteiger partial charge is 0.373 e. The Kier molecular flexibility index (Phi) is 7.89. The molecule has 2 saturated heterocycles. The third-order valence-corrected chi connectivity index (χ3v) is 6.19. The van der Waals surface area contributed by atoms with Gasteiger partial charge in [0.15, 0.2) is 0 Å². The maximum Gasteiger partial charge on any atom is 0.251 e. The summed E-state index contributed by atoms with van der Waals surface area (Å²) in [5.74, 6) is 0.511. The molecule has 2 aliphatic rings. The number of rotatable bonds is 6. The Morgan fingerprint density at radius 1 is 1.07 bits per heavy atom. The number of carbonyl (C=O) groups excluding carboxylic acids is 2. The maximum absolute atomic E-state index is 13.2. The van der Waals surface area contributed by atoms with Crippen LogP contribution in [0.5, 0.6) is 0 Å². The first-order valence-electron chi connectivity index (χ1n) is 11.4. The average Bonchev–Trinajstić information content (AvgIpc) is 2.71. The van der Waals surface area contributed by atoms with E-state index in [0.717, 1.165) is 45.6 Å². The number of amides is 2. The van der Waals surface area contributed by atoms with Gasteiger partial charge in [-0.1, -0.05) is 32.0 Å². The van der Waals surface area contributed by atoms with Crippen molar-refractivity contribution in [2.75, 3.05) is 32.7 Å². The van der Waals surface area contributed by atoms with Gasteiger partial charge in [0.25, 0.3) is 5.91 Å². The molecule has 3 unspecified atom stereocenters. The van der Waals surface area contributed by atoms with Gasteiger partial charge in [-0.3, -0.25) is 14.5 Å². The van der Waals surface area contributed by atoms with Gasteiger partial charge < -0.3 is 15.0 Å². The Labute approximate surface area is 180 Å². The van der Waals surface area contributed by atoms with E-state index < -0.39 is 6.04 Å². The van der Waals surface area contributed by atoms with E-state index in [9.17, 15) is 9.59 Å². The van der Waals surface area contributed by atoms with Crippen LogP contribution in [-0.2, 0) is 9.53 Å². The Balaban J connectivity index is 1.51. The van der Waals surface area contributed by atoms with Gasteiger partial charge in [-0.2, -0.15) is 0 Å². The van der Waals surface area contributed by atoms with Crippen molar-refractivity contribution in [3.8, 4) is 0 Å². The quantitative estimate of drug-likeness (QED) is 0.776. The van der Waals surface area contributed by atoms with E-state index in [1.165, 1.54) is 0 Å². The van der Waals surface area contributed by atoms with E-state index in [2.05, 4.69) is 24.1 Å². The number of benzene rings is 1. The molecule has 3 rings (SSSR count). The van der Waals surface area contributed by atoms with Crippen LogP contribution in [0.2, 0.25) is 0 Å². The van der Waals surface area contributed by atoms with E-state index in [-0.39, 0.29) is 29.9 Å². The van der Waals surface area contributed by atoms with Crippen LogP contribution < -0.4 is 5.32 Å². The molecule has 1 aromatic carbocycles. The number of carbonyl (C=O) groups is 2. The maximum atomic E-state index is 13.2. The predicted molar refractivity (Wildman–Crippen MR) is 118 cm³/mol. The lowest BCUT2D eigenvalue weighted by atomic mass is 9.94. The highest BCUT2D eigenvalue weighted by Crippen LogP contribution is 2.22. The minimum atomic E-state index is -0.491. The lowest BCUT2D eigenvalue weighted by Crippen LogP contribution is -2.54. The summed E-state index contributed by atoms with van der Waals surface area (Å²) in [4.78, 5) is 30.2. The molecule has 2 aliphatic heterocycles. The molecule has 0 spiro atoms. The van der Waals surface area contributed by atoms with Gasteiger partial charge in [0, 0.05) is 38.3 Å².